The predicted molar refractivity (Wildman–Crippen MR) is 163 cm³/mol. The summed E-state index contributed by atoms with van der Waals surface area (Å²) >= 11 is 0. The van der Waals surface area contributed by atoms with Gasteiger partial charge in [0.05, 0.1) is 12.0 Å². The molecule has 2 aliphatic carbocycles. The highest BCUT2D eigenvalue weighted by molar-refractivity contribution is 6.33. The Kier molecular flexibility index (Phi) is 10.9. The fourth-order valence-electron chi connectivity index (χ4n) is 6.75. The lowest BCUT2D eigenvalue weighted by atomic mass is 9.38. The smallest absolute Gasteiger partial charge is 0.184 e. The van der Waals surface area contributed by atoms with Gasteiger partial charge in [-0.15, -0.1) is 0 Å². The van der Waals surface area contributed by atoms with E-state index in [0.29, 0.717) is 31.3 Å². The molecule has 0 radical (unpaired) electrons. The average molecular weight is 553 g/mol. The topological polar surface area (TPSA) is 91.7 Å². The number of aliphatic hydroxyl groups excluding tert-OH is 2. The highest BCUT2D eigenvalue weighted by atomic mass is 16.3. The Bertz CT molecular complexity index is 1160. The van der Waals surface area contributed by atoms with Gasteiger partial charge in [0.2, 0.25) is 0 Å². The molecule has 2 N–H and O–H groups in total. The Hall–Kier alpha value is -2.53. The first kappa shape index (κ1) is 33.7. The number of carbonyl (C=O) groups excluding carboxylic acids is 3. The second-order valence-corrected chi connectivity index (χ2v) is 13.4. The molecule has 0 spiro atoms. The molecule has 0 amide bonds. The van der Waals surface area contributed by atoms with Gasteiger partial charge in [-0.3, -0.25) is 14.4 Å². The molecule has 2 bridgehead atoms. The second kappa shape index (κ2) is 13.0. The van der Waals surface area contributed by atoms with Crippen LogP contribution in [0.25, 0.3) is 0 Å². The Morgan fingerprint density at radius 3 is 2.02 bits per heavy atom. The highest BCUT2D eigenvalue weighted by Gasteiger charge is 2.75. The van der Waals surface area contributed by atoms with Crippen LogP contribution in [0.15, 0.2) is 57.9 Å². The van der Waals surface area contributed by atoms with Gasteiger partial charge in [-0.1, -0.05) is 67.4 Å². The molecule has 0 aromatic rings. The first-order valence-corrected chi connectivity index (χ1v) is 14.8. The van der Waals surface area contributed by atoms with E-state index in [1.165, 1.54) is 0 Å². The van der Waals surface area contributed by atoms with Crippen LogP contribution in [-0.4, -0.2) is 34.2 Å². The Labute approximate surface area is 242 Å². The molecule has 2 rings (SSSR count). The minimum absolute atomic E-state index is 0.137. The maximum atomic E-state index is 15.0. The second-order valence-electron chi connectivity index (χ2n) is 13.4. The molecule has 1 fully saturated rings. The van der Waals surface area contributed by atoms with Crippen molar-refractivity contribution in [2.45, 2.75) is 108 Å². The number of Topliss-reactive ketones (excluding diaryl/α,β-unsaturated/α-hetero) is 3. The molecule has 0 aromatic carbocycles. The molecule has 5 nitrogen and oxygen atoms in total. The van der Waals surface area contributed by atoms with Gasteiger partial charge in [0.25, 0.3) is 0 Å². The third kappa shape index (κ3) is 5.91. The third-order valence-electron chi connectivity index (χ3n) is 9.17. The van der Waals surface area contributed by atoms with Crippen molar-refractivity contribution in [3.05, 3.63) is 57.9 Å². The number of hydrogen-bond donors (Lipinski definition) is 2. The maximum absolute atomic E-state index is 15.0. The summed E-state index contributed by atoms with van der Waals surface area (Å²) in [6, 6.07) is 0. The molecule has 222 valence electrons. The fourth-order valence-corrected chi connectivity index (χ4v) is 6.75. The standard InChI is InChI=1S/C35H52O5/c1-22(2)12-11-18-33(10)27(15-13-23(3)4)20-34(19-17-26(9)21-36)30(38)28(16-14-24(5)6)31(39)35(33,32(34)40)29(37)25(7)8/h12-14,17,25,27,36,38H,11,15-16,18-21H2,1-10H3. The van der Waals surface area contributed by atoms with Gasteiger partial charge in [0.15, 0.2) is 22.8 Å². The van der Waals surface area contributed by atoms with Crippen LogP contribution in [0, 0.1) is 28.1 Å². The fraction of sp³-hybridized carbons (Fsp3) is 0.629. The normalized spacial score (nSPS) is 28.5. The zero-order valence-electron chi connectivity index (χ0n) is 26.5. The quantitative estimate of drug-likeness (QED) is 0.189. The lowest BCUT2D eigenvalue weighted by Gasteiger charge is -2.61. The van der Waals surface area contributed by atoms with E-state index >= 15 is 4.79 Å². The van der Waals surface area contributed by atoms with E-state index in [1.54, 1.807) is 26.8 Å². The zero-order valence-corrected chi connectivity index (χ0v) is 26.5. The van der Waals surface area contributed by atoms with Crippen LogP contribution in [0.3, 0.4) is 0 Å². The number of ketones is 3. The summed E-state index contributed by atoms with van der Waals surface area (Å²) in [7, 11) is 0. The Morgan fingerprint density at radius 1 is 0.950 bits per heavy atom. The van der Waals surface area contributed by atoms with Crippen LogP contribution < -0.4 is 0 Å². The minimum Gasteiger partial charge on any atom is -0.511 e. The number of carbonyl (C=O) groups is 3. The van der Waals surface area contributed by atoms with E-state index in [0.717, 1.165) is 16.7 Å². The molecule has 0 saturated heterocycles. The van der Waals surface area contributed by atoms with Crippen molar-refractivity contribution in [3.8, 4) is 0 Å². The number of aliphatic hydroxyl groups is 2. The summed E-state index contributed by atoms with van der Waals surface area (Å²) in [6.45, 7) is 19.0. The molecule has 0 heterocycles. The molecule has 5 heteroatoms. The summed E-state index contributed by atoms with van der Waals surface area (Å²) < 4.78 is 0. The van der Waals surface area contributed by atoms with E-state index in [1.807, 2.05) is 54.5 Å². The Balaban J connectivity index is 3.09. The van der Waals surface area contributed by atoms with Crippen molar-refractivity contribution in [1.82, 2.24) is 0 Å². The van der Waals surface area contributed by atoms with Crippen LogP contribution in [0.1, 0.15) is 108 Å². The maximum Gasteiger partial charge on any atom is 0.184 e. The summed E-state index contributed by atoms with van der Waals surface area (Å²) in [5.41, 5.74) is -0.142. The third-order valence-corrected chi connectivity index (χ3v) is 9.17. The van der Waals surface area contributed by atoms with Gasteiger partial charge >= 0.3 is 0 Å². The zero-order chi connectivity index (χ0) is 30.6. The van der Waals surface area contributed by atoms with Gasteiger partial charge in [-0.05, 0) is 98.3 Å². The molecule has 0 aromatic heterocycles. The van der Waals surface area contributed by atoms with Crippen molar-refractivity contribution in [1.29, 1.82) is 0 Å². The molecular formula is C35H52O5. The van der Waals surface area contributed by atoms with Crippen LogP contribution in [0.4, 0.5) is 0 Å². The Morgan fingerprint density at radius 2 is 1.52 bits per heavy atom. The van der Waals surface area contributed by atoms with E-state index < -0.39 is 33.7 Å². The molecule has 4 atom stereocenters. The average Bonchev–Trinajstić information content (AvgIpc) is 2.86. The number of allylic oxidation sites excluding steroid dienone is 9. The molecule has 40 heavy (non-hydrogen) atoms. The number of hydrogen-bond acceptors (Lipinski definition) is 5. The van der Waals surface area contributed by atoms with Crippen molar-refractivity contribution in [2.24, 2.45) is 28.1 Å². The van der Waals surface area contributed by atoms with E-state index in [2.05, 4.69) is 12.2 Å². The van der Waals surface area contributed by atoms with Crippen LogP contribution >= 0.6 is 0 Å². The first-order chi connectivity index (χ1) is 18.5. The van der Waals surface area contributed by atoms with Gasteiger partial charge in [-0.2, -0.15) is 0 Å². The first-order valence-electron chi connectivity index (χ1n) is 14.8. The summed E-state index contributed by atoms with van der Waals surface area (Å²) in [6.07, 6.45) is 10.3. The van der Waals surface area contributed by atoms with Crippen LogP contribution in [-0.2, 0) is 14.4 Å². The van der Waals surface area contributed by atoms with Crippen LogP contribution in [0.2, 0.25) is 0 Å². The van der Waals surface area contributed by atoms with Gasteiger partial charge in [-0.25, -0.2) is 0 Å². The number of rotatable bonds is 12. The van der Waals surface area contributed by atoms with E-state index in [-0.39, 0.29) is 42.5 Å². The van der Waals surface area contributed by atoms with Gasteiger partial charge in [0, 0.05) is 11.5 Å². The van der Waals surface area contributed by atoms with Crippen molar-refractivity contribution >= 4 is 17.3 Å². The van der Waals surface area contributed by atoms with E-state index in [9.17, 15) is 19.8 Å². The molecule has 1 saturated carbocycles. The largest absolute Gasteiger partial charge is 0.511 e. The van der Waals surface area contributed by atoms with Gasteiger partial charge in [0.1, 0.15) is 5.76 Å². The molecule has 4 unspecified atom stereocenters. The molecule has 2 aliphatic rings. The molecule has 0 aliphatic heterocycles. The summed E-state index contributed by atoms with van der Waals surface area (Å²) in [4.78, 5) is 44.3. The van der Waals surface area contributed by atoms with Gasteiger partial charge < -0.3 is 10.2 Å². The monoisotopic (exact) mass is 552 g/mol. The van der Waals surface area contributed by atoms with Crippen LogP contribution in [0.5, 0.6) is 0 Å². The summed E-state index contributed by atoms with van der Waals surface area (Å²) in [5.74, 6) is -2.27. The highest BCUT2D eigenvalue weighted by Crippen LogP contribution is 2.67. The van der Waals surface area contributed by atoms with Crippen molar-refractivity contribution < 1.29 is 24.6 Å². The lowest BCUT2D eigenvalue weighted by Crippen LogP contribution is -2.71. The predicted octanol–water partition coefficient (Wildman–Crippen LogP) is 7.96. The van der Waals surface area contributed by atoms with Crippen molar-refractivity contribution in [2.75, 3.05) is 6.61 Å². The lowest BCUT2D eigenvalue weighted by molar-refractivity contribution is -0.180. The summed E-state index contributed by atoms with van der Waals surface area (Å²) in [5, 5.41) is 21.6. The SMILES string of the molecule is CC(C)=CCCC1(C)C(CC=C(C)C)CC2(CC=C(C)CO)C(=O)C1(C(=O)C(C)C)C(=O)C(CC=C(C)C)=C2O. The number of fused-ring (bicyclic) bond motifs is 2. The van der Waals surface area contributed by atoms with Crippen molar-refractivity contribution in [3.63, 3.8) is 0 Å². The minimum atomic E-state index is -1.90. The van der Waals surface area contributed by atoms with E-state index in [4.69, 9.17) is 0 Å². The molecular weight excluding hydrogens is 500 g/mol.